The molecule has 2 atom stereocenters. The number of carboxylic acids is 1. The molecule has 0 aromatic heterocycles. The number of carbonyl (C=O) groups excluding carboxylic acids is 1. The van der Waals surface area contributed by atoms with Crippen molar-refractivity contribution in [1.29, 1.82) is 0 Å². The molecular formula is C14H15ClF3NO4. The number of aliphatic carboxylic acids is 1. The Morgan fingerprint density at radius 1 is 1.39 bits per heavy atom. The Morgan fingerprint density at radius 2 is 2.00 bits per heavy atom. The Balaban J connectivity index is 2.71. The van der Waals surface area contributed by atoms with E-state index in [1.54, 1.807) is 19.1 Å². The van der Waals surface area contributed by atoms with Crippen LogP contribution >= 0.6 is 11.6 Å². The lowest BCUT2D eigenvalue weighted by atomic mass is 10.2. The van der Waals surface area contributed by atoms with E-state index in [9.17, 15) is 22.8 Å². The average molecular weight is 354 g/mol. The van der Waals surface area contributed by atoms with Crippen LogP contribution in [0.1, 0.15) is 18.9 Å². The molecule has 9 heteroatoms. The molecule has 0 fully saturated rings. The van der Waals surface area contributed by atoms with Crippen molar-refractivity contribution in [2.75, 3.05) is 0 Å². The largest absolute Gasteiger partial charge is 0.481 e. The van der Waals surface area contributed by atoms with Crippen molar-refractivity contribution < 1.29 is 32.6 Å². The van der Waals surface area contributed by atoms with Gasteiger partial charge in [0.05, 0.1) is 6.42 Å². The van der Waals surface area contributed by atoms with Gasteiger partial charge in [-0.1, -0.05) is 11.6 Å². The zero-order valence-electron chi connectivity index (χ0n) is 12.3. The third kappa shape index (κ3) is 6.35. The number of carboxylic acid groups (broad SMARTS) is 1. The molecule has 2 unspecified atom stereocenters. The van der Waals surface area contributed by atoms with Crippen molar-refractivity contribution in [1.82, 2.24) is 5.32 Å². The molecule has 0 heterocycles. The van der Waals surface area contributed by atoms with E-state index in [0.29, 0.717) is 10.6 Å². The fourth-order valence-electron chi connectivity index (χ4n) is 1.67. The van der Waals surface area contributed by atoms with Crippen molar-refractivity contribution >= 4 is 23.5 Å². The predicted molar refractivity (Wildman–Crippen MR) is 76.5 cm³/mol. The van der Waals surface area contributed by atoms with Crippen LogP contribution in [-0.2, 0) is 9.59 Å². The maximum absolute atomic E-state index is 12.3. The fourth-order valence-corrected chi connectivity index (χ4v) is 1.79. The van der Waals surface area contributed by atoms with Crippen molar-refractivity contribution in [2.45, 2.75) is 38.6 Å². The summed E-state index contributed by atoms with van der Waals surface area (Å²) >= 11 is 5.84. The smallest absolute Gasteiger partial charge is 0.391 e. The second-order valence-electron chi connectivity index (χ2n) is 4.89. The number of halogens is 4. The van der Waals surface area contributed by atoms with Gasteiger partial charge in [-0.25, -0.2) is 4.79 Å². The Kier molecular flexibility index (Phi) is 6.26. The molecule has 0 aliphatic carbocycles. The summed E-state index contributed by atoms with van der Waals surface area (Å²) in [5.74, 6) is -2.45. The van der Waals surface area contributed by atoms with Gasteiger partial charge in [-0.05, 0) is 37.6 Å². The summed E-state index contributed by atoms with van der Waals surface area (Å²) in [7, 11) is 0. The van der Waals surface area contributed by atoms with Gasteiger partial charge in [-0.3, -0.25) is 4.79 Å². The lowest BCUT2D eigenvalue weighted by Gasteiger charge is -2.20. The maximum Gasteiger partial charge on any atom is 0.391 e. The number of benzene rings is 1. The monoisotopic (exact) mass is 353 g/mol. The first-order valence-electron chi connectivity index (χ1n) is 6.52. The van der Waals surface area contributed by atoms with Crippen LogP contribution < -0.4 is 10.1 Å². The Hall–Kier alpha value is -1.96. The number of aryl methyl sites for hydroxylation is 1. The van der Waals surface area contributed by atoms with Gasteiger partial charge in [-0.15, -0.1) is 0 Å². The highest BCUT2D eigenvalue weighted by molar-refractivity contribution is 6.31. The molecule has 1 aromatic rings. The van der Waals surface area contributed by atoms with Gasteiger partial charge in [0, 0.05) is 5.02 Å². The highest BCUT2D eigenvalue weighted by Crippen LogP contribution is 2.23. The first kappa shape index (κ1) is 19.1. The van der Waals surface area contributed by atoms with E-state index >= 15 is 0 Å². The molecule has 1 amide bonds. The number of amides is 1. The Morgan fingerprint density at radius 3 is 2.48 bits per heavy atom. The first-order chi connectivity index (χ1) is 10.5. The van der Waals surface area contributed by atoms with Gasteiger partial charge >= 0.3 is 12.1 Å². The zero-order valence-corrected chi connectivity index (χ0v) is 13.0. The summed E-state index contributed by atoms with van der Waals surface area (Å²) < 4.78 is 42.1. The number of carbonyl (C=O) groups is 2. The standard InChI is InChI=1S/C14H15ClF3NO4/c1-7-5-9(3-4-10(7)15)23-8(2)12(20)19-11(13(21)22)6-14(16,17)18/h3-5,8,11H,6H2,1-2H3,(H,19,20)(H,21,22). The van der Waals surface area contributed by atoms with E-state index < -0.39 is 36.6 Å². The quantitative estimate of drug-likeness (QED) is 0.824. The van der Waals surface area contributed by atoms with E-state index in [1.807, 2.05) is 5.32 Å². The molecule has 1 aromatic carbocycles. The maximum atomic E-state index is 12.3. The van der Waals surface area contributed by atoms with E-state index in [1.165, 1.54) is 13.0 Å². The lowest BCUT2D eigenvalue weighted by Crippen LogP contribution is -2.48. The van der Waals surface area contributed by atoms with Crippen LogP contribution in [0.15, 0.2) is 18.2 Å². The number of rotatable bonds is 6. The molecule has 2 N–H and O–H groups in total. The highest BCUT2D eigenvalue weighted by atomic mass is 35.5. The molecule has 1 rings (SSSR count). The van der Waals surface area contributed by atoms with Gasteiger partial charge in [0.1, 0.15) is 11.8 Å². The fraction of sp³-hybridized carbons (Fsp3) is 0.429. The van der Waals surface area contributed by atoms with Crippen LogP contribution in [0.4, 0.5) is 13.2 Å². The molecule has 0 aliphatic rings. The molecule has 5 nitrogen and oxygen atoms in total. The number of alkyl halides is 3. The van der Waals surface area contributed by atoms with Gasteiger partial charge in [0.15, 0.2) is 6.10 Å². The van der Waals surface area contributed by atoms with Crippen LogP contribution in [0.3, 0.4) is 0 Å². The molecule has 0 saturated carbocycles. The summed E-state index contributed by atoms with van der Waals surface area (Å²) in [4.78, 5) is 22.6. The molecule has 0 spiro atoms. The summed E-state index contributed by atoms with van der Waals surface area (Å²) in [6.07, 6.45) is -7.56. The number of hydrogen-bond donors (Lipinski definition) is 2. The van der Waals surface area contributed by atoms with Crippen molar-refractivity contribution in [3.05, 3.63) is 28.8 Å². The van der Waals surface area contributed by atoms with E-state index in [0.717, 1.165) is 0 Å². The molecular weight excluding hydrogens is 339 g/mol. The number of hydrogen-bond acceptors (Lipinski definition) is 3. The summed E-state index contributed by atoms with van der Waals surface area (Å²) in [6, 6.07) is 2.51. The van der Waals surface area contributed by atoms with E-state index in [-0.39, 0.29) is 5.75 Å². The zero-order chi connectivity index (χ0) is 17.8. The molecule has 128 valence electrons. The van der Waals surface area contributed by atoms with Gasteiger partial charge in [0.25, 0.3) is 5.91 Å². The predicted octanol–water partition coefficient (Wildman–Crippen LogP) is 2.94. The Bertz CT molecular complexity index is 592. The summed E-state index contributed by atoms with van der Waals surface area (Å²) in [5.41, 5.74) is 0.692. The van der Waals surface area contributed by atoms with Gasteiger partial charge in [0.2, 0.25) is 0 Å². The first-order valence-corrected chi connectivity index (χ1v) is 6.90. The minimum atomic E-state index is -4.71. The SMILES string of the molecule is Cc1cc(OC(C)C(=O)NC(CC(F)(F)F)C(=O)O)ccc1Cl. The van der Waals surface area contributed by atoms with Crippen LogP contribution in [-0.4, -0.2) is 35.3 Å². The Labute approximate surface area is 135 Å². The topological polar surface area (TPSA) is 75.6 Å². The average Bonchev–Trinajstić information content (AvgIpc) is 2.40. The lowest BCUT2D eigenvalue weighted by molar-refractivity contribution is -0.160. The van der Waals surface area contributed by atoms with Crippen LogP contribution in [0.25, 0.3) is 0 Å². The van der Waals surface area contributed by atoms with E-state index in [4.69, 9.17) is 21.4 Å². The number of nitrogens with one attached hydrogen (secondary N) is 1. The van der Waals surface area contributed by atoms with Gasteiger partial charge < -0.3 is 15.2 Å². The summed E-state index contributed by atoms with van der Waals surface area (Å²) in [5, 5.41) is 11.1. The van der Waals surface area contributed by atoms with Crippen LogP contribution in [0.2, 0.25) is 5.02 Å². The van der Waals surface area contributed by atoms with Crippen molar-refractivity contribution in [3.63, 3.8) is 0 Å². The van der Waals surface area contributed by atoms with E-state index in [2.05, 4.69) is 0 Å². The van der Waals surface area contributed by atoms with Crippen LogP contribution in [0, 0.1) is 6.92 Å². The molecule has 0 saturated heterocycles. The second kappa shape index (κ2) is 7.54. The molecule has 0 radical (unpaired) electrons. The minimum absolute atomic E-state index is 0.289. The summed E-state index contributed by atoms with van der Waals surface area (Å²) in [6.45, 7) is 3.01. The number of ether oxygens (including phenoxy) is 1. The third-order valence-corrected chi connectivity index (χ3v) is 3.29. The van der Waals surface area contributed by atoms with Crippen molar-refractivity contribution in [3.8, 4) is 5.75 Å². The van der Waals surface area contributed by atoms with Gasteiger partial charge in [-0.2, -0.15) is 13.2 Å². The third-order valence-electron chi connectivity index (χ3n) is 2.86. The molecule has 0 aliphatic heterocycles. The highest BCUT2D eigenvalue weighted by Gasteiger charge is 2.37. The molecule has 23 heavy (non-hydrogen) atoms. The second-order valence-corrected chi connectivity index (χ2v) is 5.30. The van der Waals surface area contributed by atoms with Crippen LogP contribution in [0.5, 0.6) is 5.75 Å². The molecule has 0 bridgehead atoms. The normalized spacial score (nSPS) is 14.0. The minimum Gasteiger partial charge on any atom is -0.481 e. The van der Waals surface area contributed by atoms with Crippen molar-refractivity contribution in [2.24, 2.45) is 0 Å².